The van der Waals surface area contributed by atoms with Gasteiger partial charge >= 0.3 is 0 Å². The van der Waals surface area contributed by atoms with E-state index in [1.165, 1.54) is 11.1 Å². The van der Waals surface area contributed by atoms with E-state index in [4.69, 9.17) is 0 Å². The summed E-state index contributed by atoms with van der Waals surface area (Å²) in [5.41, 5.74) is 4.31. The Morgan fingerprint density at radius 3 is 2.38 bits per heavy atom. The van der Waals surface area contributed by atoms with Crippen LogP contribution in [0.15, 0.2) is 48.5 Å². The molecule has 1 aliphatic rings. The molecule has 1 heterocycles. The van der Waals surface area contributed by atoms with Crippen molar-refractivity contribution in [3.8, 4) is 0 Å². The summed E-state index contributed by atoms with van der Waals surface area (Å²) in [7, 11) is 0. The van der Waals surface area contributed by atoms with Crippen LogP contribution in [0.4, 0.5) is 5.69 Å². The maximum atomic E-state index is 12.5. The van der Waals surface area contributed by atoms with Gasteiger partial charge in [0.2, 0.25) is 11.8 Å². The van der Waals surface area contributed by atoms with Crippen LogP contribution in [0.5, 0.6) is 0 Å². The van der Waals surface area contributed by atoms with Crippen LogP contribution in [0.25, 0.3) is 0 Å². The Morgan fingerprint density at radius 2 is 1.77 bits per heavy atom. The highest BCUT2D eigenvalue weighted by Crippen LogP contribution is 2.23. The Bertz CT molecular complexity index is 779. The van der Waals surface area contributed by atoms with Crippen molar-refractivity contribution in [3.05, 3.63) is 65.2 Å². The van der Waals surface area contributed by atoms with E-state index in [1.807, 2.05) is 55.5 Å². The van der Waals surface area contributed by atoms with Crippen molar-refractivity contribution in [2.45, 2.75) is 39.7 Å². The van der Waals surface area contributed by atoms with Gasteiger partial charge in [0.15, 0.2) is 0 Å². The lowest BCUT2D eigenvalue weighted by Gasteiger charge is -2.17. The average molecular weight is 350 g/mol. The molecule has 0 spiro atoms. The molecule has 1 fully saturated rings. The molecule has 0 saturated carbocycles. The first kappa shape index (κ1) is 18.2. The van der Waals surface area contributed by atoms with Crippen molar-refractivity contribution < 1.29 is 9.59 Å². The van der Waals surface area contributed by atoms with Gasteiger partial charge < -0.3 is 10.2 Å². The van der Waals surface area contributed by atoms with Crippen molar-refractivity contribution in [2.24, 2.45) is 5.92 Å². The summed E-state index contributed by atoms with van der Waals surface area (Å²) in [6, 6.07) is 16.1. The number of rotatable bonds is 5. The third kappa shape index (κ3) is 4.31. The lowest BCUT2D eigenvalue weighted by molar-refractivity contribution is -0.128. The summed E-state index contributed by atoms with van der Waals surface area (Å²) >= 11 is 0. The van der Waals surface area contributed by atoms with Crippen LogP contribution in [0.3, 0.4) is 0 Å². The standard InChI is InChI=1S/C22H26N2O2/c1-15(2)18-8-10-20(11-9-18)23-22(26)19-12-21(25)24(14-19)13-17-6-4-16(3)5-7-17/h4-11,15,19H,12-14H2,1-3H3,(H,23,26). The fraction of sp³-hybridized carbons (Fsp3) is 0.364. The molecule has 0 aliphatic carbocycles. The molecule has 1 unspecified atom stereocenters. The number of benzene rings is 2. The van der Waals surface area contributed by atoms with Gasteiger partial charge in [-0.1, -0.05) is 55.8 Å². The van der Waals surface area contributed by atoms with E-state index in [-0.39, 0.29) is 24.2 Å². The molecule has 3 rings (SSSR count). The lowest BCUT2D eigenvalue weighted by atomic mass is 10.0. The van der Waals surface area contributed by atoms with Crippen molar-refractivity contribution in [1.29, 1.82) is 0 Å². The van der Waals surface area contributed by atoms with Gasteiger partial charge in [0.1, 0.15) is 0 Å². The number of amides is 2. The Morgan fingerprint density at radius 1 is 1.12 bits per heavy atom. The highest BCUT2D eigenvalue weighted by molar-refractivity contribution is 5.97. The highest BCUT2D eigenvalue weighted by Gasteiger charge is 2.34. The number of carbonyl (C=O) groups is 2. The zero-order valence-corrected chi connectivity index (χ0v) is 15.7. The summed E-state index contributed by atoms with van der Waals surface area (Å²) in [6.45, 7) is 7.36. The van der Waals surface area contributed by atoms with Gasteiger partial charge in [0.25, 0.3) is 0 Å². The fourth-order valence-corrected chi connectivity index (χ4v) is 3.21. The van der Waals surface area contributed by atoms with Crippen molar-refractivity contribution in [2.75, 3.05) is 11.9 Å². The fourth-order valence-electron chi connectivity index (χ4n) is 3.21. The Balaban J connectivity index is 1.58. The molecule has 1 atom stereocenters. The second-order valence-corrected chi connectivity index (χ2v) is 7.43. The average Bonchev–Trinajstić information content (AvgIpc) is 2.98. The van der Waals surface area contributed by atoms with E-state index in [0.717, 1.165) is 11.3 Å². The second-order valence-electron chi connectivity index (χ2n) is 7.43. The van der Waals surface area contributed by atoms with Gasteiger partial charge in [-0.05, 0) is 36.1 Å². The molecule has 0 radical (unpaired) electrons. The summed E-state index contributed by atoms with van der Waals surface area (Å²) in [6.07, 6.45) is 0.280. The minimum absolute atomic E-state index is 0.0425. The molecular formula is C22H26N2O2. The Hall–Kier alpha value is -2.62. The molecule has 2 aromatic rings. The first-order valence-electron chi connectivity index (χ1n) is 9.16. The number of nitrogens with one attached hydrogen (secondary N) is 1. The number of nitrogens with zero attached hydrogens (tertiary/aromatic N) is 1. The van der Waals surface area contributed by atoms with E-state index >= 15 is 0 Å². The van der Waals surface area contributed by atoms with Crippen molar-refractivity contribution >= 4 is 17.5 Å². The largest absolute Gasteiger partial charge is 0.338 e. The number of hydrogen-bond donors (Lipinski definition) is 1. The monoisotopic (exact) mass is 350 g/mol. The highest BCUT2D eigenvalue weighted by atomic mass is 16.2. The summed E-state index contributed by atoms with van der Waals surface area (Å²) in [5, 5.41) is 2.94. The smallest absolute Gasteiger partial charge is 0.229 e. The normalized spacial score (nSPS) is 17.0. The minimum Gasteiger partial charge on any atom is -0.338 e. The zero-order valence-electron chi connectivity index (χ0n) is 15.7. The molecule has 2 amide bonds. The van der Waals surface area contributed by atoms with Crippen molar-refractivity contribution in [3.63, 3.8) is 0 Å². The number of carbonyl (C=O) groups excluding carboxylic acids is 2. The summed E-state index contributed by atoms with van der Waals surface area (Å²) < 4.78 is 0. The van der Waals surface area contributed by atoms with E-state index < -0.39 is 0 Å². The summed E-state index contributed by atoms with van der Waals surface area (Å²) in [5.74, 6) is 0.128. The number of likely N-dealkylation sites (tertiary alicyclic amines) is 1. The molecule has 1 saturated heterocycles. The van der Waals surface area contributed by atoms with E-state index in [1.54, 1.807) is 4.90 Å². The van der Waals surface area contributed by atoms with Gasteiger partial charge in [0, 0.05) is 25.2 Å². The molecule has 0 aromatic heterocycles. The lowest BCUT2D eigenvalue weighted by Crippen LogP contribution is -2.28. The van der Waals surface area contributed by atoms with Crippen LogP contribution >= 0.6 is 0 Å². The molecule has 2 aromatic carbocycles. The molecule has 26 heavy (non-hydrogen) atoms. The van der Waals surface area contributed by atoms with E-state index in [9.17, 15) is 9.59 Å². The topological polar surface area (TPSA) is 49.4 Å². The van der Waals surface area contributed by atoms with Gasteiger partial charge in [-0.3, -0.25) is 9.59 Å². The Labute approximate surface area is 155 Å². The number of anilines is 1. The van der Waals surface area contributed by atoms with Gasteiger partial charge in [-0.2, -0.15) is 0 Å². The van der Waals surface area contributed by atoms with Crippen LogP contribution < -0.4 is 5.32 Å². The minimum atomic E-state index is -0.294. The molecule has 1 N–H and O–H groups in total. The van der Waals surface area contributed by atoms with Gasteiger partial charge in [0.05, 0.1) is 5.92 Å². The van der Waals surface area contributed by atoms with Crippen LogP contribution in [0, 0.1) is 12.8 Å². The van der Waals surface area contributed by atoms with E-state index in [0.29, 0.717) is 19.0 Å². The second kappa shape index (κ2) is 7.73. The molecule has 4 nitrogen and oxygen atoms in total. The molecule has 0 bridgehead atoms. The molecule has 4 heteroatoms. The van der Waals surface area contributed by atoms with Gasteiger partial charge in [-0.15, -0.1) is 0 Å². The summed E-state index contributed by atoms with van der Waals surface area (Å²) in [4.78, 5) is 26.6. The van der Waals surface area contributed by atoms with Crippen LogP contribution in [0.1, 0.15) is 42.9 Å². The quantitative estimate of drug-likeness (QED) is 0.882. The predicted molar refractivity (Wildman–Crippen MR) is 104 cm³/mol. The first-order valence-corrected chi connectivity index (χ1v) is 9.16. The number of hydrogen-bond acceptors (Lipinski definition) is 2. The van der Waals surface area contributed by atoms with Gasteiger partial charge in [-0.25, -0.2) is 0 Å². The predicted octanol–water partition coefficient (Wildman–Crippen LogP) is 4.11. The third-order valence-electron chi connectivity index (χ3n) is 4.92. The third-order valence-corrected chi connectivity index (χ3v) is 4.92. The van der Waals surface area contributed by atoms with Crippen LogP contribution in [-0.4, -0.2) is 23.3 Å². The zero-order chi connectivity index (χ0) is 18.7. The maximum absolute atomic E-state index is 12.5. The number of aryl methyl sites for hydroxylation is 1. The SMILES string of the molecule is Cc1ccc(CN2CC(C(=O)Nc3ccc(C(C)C)cc3)CC2=O)cc1. The first-order chi connectivity index (χ1) is 12.4. The van der Waals surface area contributed by atoms with Crippen LogP contribution in [-0.2, 0) is 16.1 Å². The van der Waals surface area contributed by atoms with E-state index in [2.05, 4.69) is 19.2 Å². The Kier molecular flexibility index (Phi) is 5.40. The van der Waals surface area contributed by atoms with Crippen molar-refractivity contribution in [1.82, 2.24) is 4.90 Å². The molecular weight excluding hydrogens is 324 g/mol. The van der Waals surface area contributed by atoms with Crippen LogP contribution in [0.2, 0.25) is 0 Å². The molecule has 1 aliphatic heterocycles. The molecule has 136 valence electrons. The maximum Gasteiger partial charge on any atom is 0.229 e.